The van der Waals surface area contributed by atoms with Crippen molar-refractivity contribution < 1.29 is 0 Å². The molecule has 118 valence electrons. The van der Waals surface area contributed by atoms with E-state index in [2.05, 4.69) is 30.7 Å². The van der Waals surface area contributed by atoms with Crippen molar-refractivity contribution in [3.05, 3.63) is 40.9 Å². The number of nitrogens with zero attached hydrogens (tertiary/aromatic N) is 5. The molecule has 0 saturated heterocycles. The van der Waals surface area contributed by atoms with Gasteiger partial charge in [0.15, 0.2) is 0 Å². The highest BCUT2D eigenvalue weighted by atomic mass is 32.1. The van der Waals surface area contributed by atoms with Crippen molar-refractivity contribution in [2.75, 3.05) is 5.32 Å². The van der Waals surface area contributed by atoms with Gasteiger partial charge in [-0.1, -0.05) is 0 Å². The van der Waals surface area contributed by atoms with E-state index < -0.39 is 0 Å². The van der Waals surface area contributed by atoms with Crippen LogP contribution in [0.2, 0.25) is 0 Å². The first-order valence-corrected chi connectivity index (χ1v) is 8.68. The van der Waals surface area contributed by atoms with Gasteiger partial charge in [0.1, 0.15) is 22.8 Å². The number of nitrogens with one attached hydrogen (secondary N) is 1. The predicted octanol–water partition coefficient (Wildman–Crippen LogP) is 2.82. The summed E-state index contributed by atoms with van der Waals surface area (Å²) in [5.74, 6) is 0.960. The van der Waals surface area contributed by atoms with Crippen molar-refractivity contribution in [2.24, 2.45) is 7.05 Å². The second-order valence-electron chi connectivity index (χ2n) is 5.73. The van der Waals surface area contributed by atoms with Crippen LogP contribution in [0, 0.1) is 0 Å². The lowest BCUT2D eigenvalue weighted by Gasteiger charge is -2.17. The van der Waals surface area contributed by atoms with Crippen molar-refractivity contribution in [1.82, 2.24) is 24.7 Å². The normalized spacial score (nSPS) is 13.8. The zero-order valence-electron chi connectivity index (χ0n) is 13.0. The summed E-state index contributed by atoms with van der Waals surface area (Å²) < 4.78 is 1.79. The number of anilines is 1. The fraction of sp³-hybridized carbons (Fsp3) is 0.375. The summed E-state index contributed by atoms with van der Waals surface area (Å²) in [6.07, 6.45) is 8.16. The lowest BCUT2D eigenvalue weighted by molar-refractivity contribution is 0.663. The van der Waals surface area contributed by atoms with E-state index in [0.717, 1.165) is 35.1 Å². The van der Waals surface area contributed by atoms with Crippen LogP contribution in [0.4, 0.5) is 5.82 Å². The summed E-state index contributed by atoms with van der Waals surface area (Å²) in [4.78, 5) is 13.5. The Kier molecular flexibility index (Phi) is 3.78. The van der Waals surface area contributed by atoms with E-state index in [9.17, 15) is 0 Å². The molecule has 6 nitrogen and oxygen atoms in total. The van der Waals surface area contributed by atoms with E-state index in [0.29, 0.717) is 6.54 Å². The Morgan fingerprint density at radius 2 is 2.17 bits per heavy atom. The van der Waals surface area contributed by atoms with Crippen LogP contribution in [-0.2, 0) is 26.4 Å². The van der Waals surface area contributed by atoms with Gasteiger partial charge in [0, 0.05) is 29.9 Å². The van der Waals surface area contributed by atoms with Gasteiger partial charge in [0.25, 0.3) is 0 Å². The summed E-state index contributed by atoms with van der Waals surface area (Å²) in [5.41, 5.74) is 4.40. The maximum atomic E-state index is 4.66. The standard InChI is InChI=1S/C16H18N6S/c1-22-7-6-14(21-22)16-20-11(9-23-16)8-17-15-12-4-2-3-5-13(12)18-10-19-15/h6-7,9-10H,2-5,8H2,1H3,(H,17,18,19). The molecule has 0 spiro atoms. The van der Waals surface area contributed by atoms with Crippen LogP contribution in [0.3, 0.4) is 0 Å². The minimum atomic E-state index is 0.673. The number of aryl methyl sites for hydroxylation is 2. The molecule has 23 heavy (non-hydrogen) atoms. The molecular weight excluding hydrogens is 308 g/mol. The van der Waals surface area contributed by atoms with Gasteiger partial charge in [-0.25, -0.2) is 15.0 Å². The van der Waals surface area contributed by atoms with Crippen LogP contribution in [0.1, 0.15) is 29.8 Å². The van der Waals surface area contributed by atoms with E-state index in [1.807, 2.05) is 19.3 Å². The minimum Gasteiger partial charge on any atom is -0.364 e. The molecule has 3 heterocycles. The summed E-state index contributed by atoms with van der Waals surface area (Å²) in [6, 6.07) is 1.98. The lowest BCUT2D eigenvalue weighted by atomic mass is 9.96. The number of hydrogen-bond acceptors (Lipinski definition) is 6. The molecule has 0 saturated carbocycles. The summed E-state index contributed by atoms with van der Waals surface area (Å²) in [6.45, 7) is 0.673. The molecule has 3 aromatic heterocycles. The van der Waals surface area contributed by atoms with Gasteiger partial charge in [-0.05, 0) is 31.7 Å². The first-order chi connectivity index (χ1) is 11.3. The molecule has 0 fully saturated rings. The Hall–Kier alpha value is -2.28. The molecule has 7 heteroatoms. The first-order valence-electron chi connectivity index (χ1n) is 7.80. The predicted molar refractivity (Wildman–Crippen MR) is 90.3 cm³/mol. The Labute approximate surface area is 138 Å². The van der Waals surface area contributed by atoms with Crippen molar-refractivity contribution in [3.8, 4) is 10.7 Å². The number of fused-ring (bicyclic) bond motifs is 1. The summed E-state index contributed by atoms with van der Waals surface area (Å²) in [5, 5.41) is 10.8. The second kappa shape index (κ2) is 6.08. The molecule has 0 unspecified atom stereocenters. The van der Waals surface area contributed by atoms with Gasteiger partial charge in [-0.15, -0.1) is 11.3 Å². The maximum Gasteiger partial charge on any atom is 0.144 e. The SMILES string of the molecule is Cn1ccc(-c2nc(CNc3ncnc4c3CCCC4)cs2)n1. The maximum absolute atomic E-state index is 4.66. The number of aromatic nitrogens is 5. The van der Waals surface area contributed by atoms with E-state index >= 15 is 0 Å². The van der Waals surface area contributed by atoms with Crippen LogP contribution in [-0.4, -0.2) is 24.7 Å². The van der Waals surface area contributed by atoms with Gasteiger partial charge in [-0.2, -0.15) is 5.10 Å². The van der Waals surface area contributed by atoms with Gasteiger partial charge in [0.05, 0.1) is 12.2 Å². The van der Waals surface area contributed by atoms with E-state index in [1.54, 1.807) is 22.3 Å². The van der Waals surface area contributed by atoms with Crippen LogP contribution in [0.25, 0.3) is 10.7 Å². The quantitative estimate of drug-likeness (QED) is 0.798. The Morgan fingerprint density at radius 3 is 3.04 bits per heavy atom. The van der Waals surface area contributed by atoms with Crippen LogP contribution >= 0.6 is 11.3 Å². The highest BCUT2D eigenvalue weighted by Crippen LogP contribution is 2.26. The summed E-state index contributed by atoms with van der Waals surface area (Å²) in [7, 11) is 1.91. The molecule has 1 aliphatic rings. The third-order valence-electron chi connectivity index (χ3n) is 4.05. The van der Waals surface area contributed by atoms with Crippen molar-refractivity contribution in [3.63, 3.8) is 0 Å². The molecule has 0 bridgehead atoms. The van der Waals surface area contributed by atoms with Crippen molar-refractivity contribution in [1.29, 1.82) is 0 Å². The van der Waals surface area contributed by atoms with Gasteiger partial charge < -0.3 is 5.32 Å². The molecule has 3 aromatic rings. The Balaban J connectivity index is 1.49. The largest absolute Gasteiger partial charge is 0.364 e. The van der Waals surface area contributed by atoms with Crippen molar-refractivity contribution in [2.45, 2.75) is 32.2 Å². The molecule has 0 aliphatic heterocycles. The van der Waals surface area contributed by atoms with E-state index in [-0.39, 0.29) is 0 Å². The van der Waals surface area contributed by atoms with E-state index in [1.165, 1.54) is 24.1 Å². The van der Waals surface area contributed by atoms with Crippen LogP contribution in [0.5, 0.6) is 0 Å². The molecule has 1 N–H and O–H groups in total. The number of hydrogen-bond donors (Lipinski definition) is 1. The molecule has 1 aliphatic carbocycles. The monoisotopic (exact) mass is 326 g/mol. The average molecular weight is 326 g/mol. The molecular formula is C16H18N6S. The molecule has 0 aromatic carbocycles. The zero-order chi connectivity index (χ0) is 15.6. The Morgan fingerprint density at radius 1 is 1.26 bits per heavy atom. The topological polar surface area (TPSA) is 68.5 Å². The first kappa shape index (κ1) is 14.3. The second-order valence-corrected chi connectivity index (χ2v) is 6.58. The number of thiazole rings is 1. The number of rotatable bonds is 4. The Bertz CT molecular complexity index is 822. The fourth-order valence-corrected chi connectivity index (χ4v) is 3.67. The highest BCUT2D eigenvalue weighted by Gasteiger charge is 2.15. The minimum absolute atomic E-state index is 0.673. The third-order valence-corrected chi connectivity index (χ3v) is 4.96. The van der Waals surface area contributed by atoms with Crippen LogP contribution in [0.15, 0.2) is 24.0 Å². The summed E-state index contributed by atoms with van der Waals surface area (Å²) >= 11 is 1.62. The smallest absolute Gasteiger partial charge is 0.144 e. The molecule has 0 radical (unpaired) electrons. The zero-order valence-corrected chi connectivity index (χ0v) is 13.8. The molecule has 0 amide bonds. The fourth-order valence-electron chi connectivity index (χ4n) is 2.88. The van der Waals surface area contributed by atoms with Gasteiger partial charge in [0.2, 0.25) is 0 Å². The van der Waals surface area contributed by atoms with E-state index in [4.69, 9.17) is 0 Å². The molecule has 4 rings (SSSR count). The van der Waals surface area contributed by atoms with Crippen LogP contribution < -0.4 is 5.32 Å². The molecule has 0 atom stereocenters. The van der Waals surface area contributed by atoms with Crippen molar-refractivity contribution >= 4 is 17.2 Å². The lowest BCUT2D eigenvalue weighted by Crippen LogP contribution is -2.12. The average Bonchev–Trinajstić information content (AvgIpc) is 3.21. The highest BCUT2D eigenvalue weighted by molar-refractivity contribution is 7.13. The van der Waals surface area contributed by atoms with Gasteiger partial charge >= 0.3 is 0 Å². The third kappa shape index (κ3) is 2.96. The van der Waals surface area contributed by atoms with Gasteiger partial charge in [-0.3, -0.25) is 4.68 Å².